The van der Waals surface area contributed by atoms with Gasteiger partial charge in [0.1, 0.15) is 11.8 Å². The number of carboxylic acid groups (broad SMARTS) is 1. The number of benzene rings is 1. The number of carboxylic acids is 1. The van der Waals surface area contributed by atoms with Gasteiger partial charge in [-0.05, 0) is 25.5 Å². The van der Waals surface area contributed by atoms with Crippen molar-refractivity contribution in [3.05, 3.63) is 29.3 Å². The molecule has 1 atom stereocenters. The molecule has 0 saturated heterocycles. The molecule has 0 unspecified atom stereocenters. The zero-order chi connectivity index (χ0) is 13.7. The second-order valence-corrected chi connectivity index (χ2v) is 4.17. The van der Waals surface area contributed by atoms with E-state index in [1.54, 1.807) is 13.0 Å². The molecule has 0 saturated carbocycles. The molecule has 5 heteroatoms. The minimum Gasteiger partial charge on any atom is -0.507 e. The maximum absolute atomic E-state index is 11.9. The summed E-state index contributed by atoms with van der Waals surface area (Å²) in [7, 11) is 0. The van der Waals surface area contributed by atoms with E-state index in [-0.39, 0.29) is 11.3 Å². The zero-order valence-corrected chi connectivity index (χ0v) is 10.4. The summed E-state index contributed by atoms with van der Waals surface area (Å²) in [5.74, 6) is -1.80. The van der Waals surface area contributed by atoms with E-state index in [0.717, 1.165) is 5.56 Å². The Hall–Kier alpha value is -2.04. The van der Waals surface area contributed by atoms with Crippen LogP contribution in [-0.4, -0.2) is 28.1 Å². The summed E-state index contributed by atoms with van der Waals surface area (Å²) in [5.41, 5.74) is 0.915. The quantitative estimate of drug-likeness (QED) is 0.743. The molecular formula is C13H17NO4. The van der Waals surface area contributed by atoms with E-state index in [2.05, 4.69) is 5.32 Å². The molecule has 1 aromatic carbocycles. The minimum absolute atomic E-state index is 0.0948. The molecule has 5 nitrogen and oxygen atoms in total. The number of amides is 1. The molecule has 3 N–H and O–H groups in total. The largest absolute Gasteiger partial charge is 0.507 e. The van der Waals surface area contributed by atoms with Gasteiger partial charge in [0.2, 0.25) is 0 Å². The topological polar surface area (TPSA) is 86.6 Å². The van der Waals surface area contributed by atoms with E-state index in [9.17, 15) is 14.7 Å². The van der Waals surface area contributed by atoms with E-state index in [4.69, 9.17) is 5.11 Å². The molecule has 1 rings (SSSR count). The van der Waals surface area contributed by atoms with Gasteiger partial charge in [0.25, 0.3) is 5.91 Å². The lowest BCUT2D eigenvalue weighted by Gasteiger charge is -2.14. The smallest absolute Gasteiger partial charge is 0.326 e. The number of phenols is 1. The molecular weight excluding hydrogens is 234 g/mol. The van der Waals surface area contributed by atoms with Crippen molar-refractivity contribution in [1.82, 2.24) is 5.32 Å². The van der Waals surface area contributed by atoms with Crippen LogP contribution >= 0.6 is 0 Å². The summed E-state index contributed by atoms with van der Waals surface area (Å²) >= 11 is 0. The Morgan fingerprint density at radius 3 is 2.61 bits per heavy atom. The summed E-state index contributed by atoms with van der Waals surface area (Å²) in [6.45, 7) is 3.63. The summed E-state index contributed by atoms with van der Waals surface area (Å²) in [6.07, 6.45) is 1.00. The number of phenolic OH excluding ortho intramolecular Hbond substituents is 1. The van der Waals surface area contributed by atoms with Gasteiger partial charge in [-0.15, -0.1) is 0 Å². The maximum Gasteiger partial charge on any atom is 0.326 e. The van der Waals surface area contributed by atoms with E-state index < -0.39 is 17.9 Å². The molecule has 1 amide bonds. The van der Waals surface area contributed by atoms with Crippen molar-refractivity contribution in [2.45, 2.75) is 32.7 Å². The normalized spacial score (nSPS) is 11.9. The van der Waals surface area contributed by atoms with Crippen molar-refractivity contribution < 1.29 is 19.8 Å². The van der Waals surface area contributed by atoms with Crippen LogP contribution in [-0.2, 0) is 4.79 Å². The Morgan fingerprint density at radius 1 is 1.39 bits per heavy atom. The monoisotopic (exact) mass is 251 g/mol. The summed E-state index contributed by atoms with van der Waals surface area (Å²) < 4.78 is 0. The fourth-order valence-electron chi connectivity index (χ4n) is 1.61. The third-order valence-electron chi connectivity index (χ3n) is 2.58. The van der Waals surface area contributed by atoms with Gasteiger partial charge in [-0.3, -0.25) is 4.79 Å². The van der Waals surface area contributed by atoms with Gasteiger partial charge in [0.05, 0.1) is 5.56 Å². The van der Waals surface area contributed by atoms with Gasteiger partial charge >= 0.3 is 5.97 Å². The van der Waals surface area contributed by atoms with Crippen LogP contribution in [0.4, 0.5) is 0 Å². The molecule has 0 heterocycles. The first-order valence-corrected chi connectivity index (χ1v) is 5.79. The highest BCUT2D eigenvalue weighted by molar-refractivity contribution is 5.98. The van der Waals surface area contributed by atoms with Gasteiger partial charge in [-0.2, -0.15) is 0 Å². The fourth-order valence-corrected chi connectivity index (χ4v) is 1.61. The minimum atomic E-state index is -1.07. The molecule has 0 aliphatic rings. The molecule has 0 aromatic heterocycles. The van der Waals surface area contributed by atoms with Gasteiger partial charge in [-0.25, -0.2) is 4.79 Å². The van der Waals surface area contributed by atoms with E-state index in [1.807, 2.05) is 6.92 Å². The van der Waals surface area contributed by atoms with Gasteiger partial charge in [0.15, 0.2) is 0 Å². The molecule has 0 fully saturated rings. The first kappa shape index (κ1) is 14.0. The van der Waals surface area contributed by atoms with Crippen LogP contribution in [0.15, 0.2) is 18.2 Å². The van der Waals surface area contributed by atoms with Crippen molar-refractivity contribution >= 4 is 11.9 Å². The Morgan fingerprint density at radius 2 is 2.06 bits per heavy atom. The Balaban J connectivity index is 2.86. The van der Waals surface area contributed by atoms with Crippen molar-refractivity contribution in [2.75, 3.05) is 0 Å². The van der Waals surface area contributed by atoms with Crippen LogP contribution in [0.5, 0.6) is 5.75 Å². The highest BCUT2D eigenvalue weighted by atomic mass is 16.4. The SMILES string of the molecule is CCC[C@@H](NC(=O)c1cc(C)ccc1O)C(=O)O. The van der Waals surface area contributed by atoms with Crippen LogP contribution in [0.2, 0.25) is 0 Å². The Labute approximate surface area is 105 Å². The molecule has 0 spiro atoms. The predicted molar refractivity (Wildman–Crippen MR) is 66.6 cm³/mol. The second-order valence-electron chi connectivity index (χ2n) is 4.17. The Bertz CT molecular complexity index is 456. The van der Waals surface area contributed by atoms with E-state index in [0.29, 0.717) is 12.8 Å². The average Bonchev–Trinajstić information content (AvgIpc) is 2.31. The summed E-state index contributed by atoms with van der Waals surface area (Å²) in [5, 5.41) is 20.9. The summed E-state index contributed by atoms with van der Waals surface area (Å²) in [6, 6.07) is 3.68. The second kappa shape index (κ2) is 6.05. The number of hydrogen-bond donors (Lipinski definition) is 3. The number of aryl methyl sites for hydroxylation is 1. The third kappa shape index (κ3) is 3.48. The number of hydrogen-bond acceptors (Lipinski definition) is 3. The predicted octanol–water partition coefficient (Wildman–Crippen LogP) is 1.68. The lowest BCUT2D eigenvalue weighted by Crippen LogP contribution is -2.40. The number of nitrogens with one attached hydrogen (secondary N) is 1. The molecule has 18 heavy (non-hydrogen) atoms. The van der Waals surface area contributed by atoms with Crippen LogP contribution in [0.1, 0.15) is 35.7 Å². The number of rotatable bonds is 5. The molecule has 0 aliphatic carbocycles. The van der Waals surface area contributed by atoms with E-state index >= 15 is 0 Å². The van der Waals surface area contributed by atoms with E-state index in [1.165, 1.54) is 12.1 Å². The molecule has 0 bridgehead atoms. The maximum atomic E-state index is 11.9. The molecule has 1 aromatic rings. The van der Waals surface area contributed by atoms with Crippen molar-refractivity contribution in [3.63, 3.8) is 0 Å². The van der Waals surface area contributed by atoms with Crippen LogP contribution in [0, 0.1) is 6.92 Å². The average molecular weight is 251 g/mol. The van der Waals surface area contributed by atoms with Gasteiger partial charge < -0.3 is 15.5 Å². The molecule has 98 valence electrons. The lowest BCUT2D eigenvalue weighted by molar-refractivity contribution is -0.139. The zero-order valence-electron chi connectivity index (χ0n) is 10.4. The number of aromatic hydroxyl groups is 1. The number of carbonyl (C=O) groups is 2. The van der Waals surface area contributed by atoms with Crippen LogP contribution in [0.25, 0.3) is 0 Å². The third-order valence-corrected chi connectivity index (χ3v) is 2.58. The van der Waals surface area contributed by atoms with Crippen molar-refractivity contribution in [2.24, 2.45) is 0 Å². The molecule has 0 radical (unpaired) electrons. The Kier molecular flexibility index (Phi) is 4.71. The fraction of sp³-hybridized carbons (Fsp3) is 0.385. The van der Waals surface area contributed by atoms with Crippen molar-refractivity contribution in [3.8, 4) is 5.75 Å². The number of carbonyl (C=O) groups excluding carboxylic acids is 1. The lowest BCUT2D eigenvalue weighted by atomic mass is 10.1. The van der Waals surface area contributed by atoms with Crippen LogP contribution in [0.3, 0.4) is 0 Å². The highest BCUT2D eigenvalue weighted by Gasteiger charge is 2.21. The summed E-state index contributed by atoms with van der Waals surface area (Å²) in [4.78, 5) is 22.8. The first-order valence-electron chi connectivity index (χ1n) is 5.79. The highest BCUT2D eigenvalue weighted by Crippen LogP contribution is 2.18. The van der Waals surface area contributed by atoms with Crippen LogP contribution < -0.4 is 5.32 Å². The van der Waals surface area contributed by atoms with Crippen molar-refractivity contribution in [1.29, 1.82) is 0 Å². The standard InChI is InChI=1S/C13H17NO4/c1-3-4-10(13(17)18)14-12(16)9-7-8(2)5-6-11(9)15/h5-7,10,15H,3-4H2,1-2H3,(H,14,16)(H,17,18)/t10-/m1/s1. The van der Waals surface area contributed by atoms with Gasteiger partial charge in [-0.1, -0.05) is 25.0 Å². The number of aliphatic carboxylic acids is 1. The molecule has 0 aliphatic heterocycles. The van der Waals surface area contributed by atoms with Gasteiger partial charge in [0, 0.05) is 0 Å². The first-order chi connectivity index (χ1) is 8.45.